The molecule has 0 spiro atoms. The van der Waals surface area contributed by atoms with Crippen LogP contribution in [0, 0.1) is 68.0 Å². The van der Waals surface area contributed by atoms with Gasteiger partial charge in [0.1, 0.15) is 5.82 Å². The van der Waals surface area contributed by atoms with Crippen LogP contribution in [0.4, 0.5) is 0 Å². The molecule has 0 N–H and O–H groups in total. The van der Waals surface area contributed by atoms with E-state index in [9.17, 15) is 31.6 Å². The maximum atomic E-state index is 11.8. The lowest BCUT2D eigenvalue weighted by Crippen LogP contribution is -2.06. The Morgan fingerprint density at radius 1 is 0.261 bits per heavy atom. The highest BCUT2D eigenvalue weighted by Gasteiger charge is 2.37. The van der Waals surface area contributed by atoms with E-state index >= 15 is 0 Å². The number of rotatable bonds is 10. The molecule has 15 rings (SSSR count). The monoisotopic (exact) mass is 1170 g/mol. The van der Waals surface area contributed by atoms with Gasteiger partial charge in [-0.1, -0.05) is 206 Å². The number of nitrogens with zero attached hydrogens (tertiary/aromatic N) is 9. The maximum Gasteiger partial charge on any atom is 0.137 e. The first-order valence-corrected chi connectivity index (χ1v) is 29.8. The molecule has 0 aliphatic carbocycles. The van der Waals surface area contributed by atoms with E-state index in [1.54, 1.807) is 0 Å². The average Bonchev–Trinajstić information content (AvgIpc) is 1.47. The molecule has 0 saturated carbocycles. The van der Waals surface area contributed by atoms with Crippen LogP contribution < -0.4 is 0 Å². The second-order valence-corrected chi connectivity index (χ2v) is 22.3. The SMILES string of the molecule is N#Cc1cc(C#N)c(-c2c(-c3ccccc3)c(-c3ccc(-n4c5ccccc5c5ccccc54)nc3)c3c4c(-c5ccccc5)c(-c5ccccc5)c(-c5ccccc5)c(-c5ccccc5)c4n(-c4ccccc4)c3c2-c2c(C#N)cc(C#N)cc2C#N)c(C#N)c1. The molecule has 15 aromatic rings. The molecular formula is C83H45N9. The number of fused-ring (bicyclic) bond motifs is 6. The van der Waals surface area contributed by atoms with E-state index in [1.807, 2.05) is 146 Å². The third-order valence-corrected chi connectivity index (χ3v) is 17.3. The van der Waals surface area contributed by atoms with Crippen molar-refractivity contribution in [3.05, 3.63) is 306 Å². The van der Waals surface area contributed by atoms with Crippen molar-refractivity contribution in [1.82, 2.24) is 14.1 Å². The Morgan fingerprint density at radius 2 is 0.598 bits per heavy atom. The predicted octanol–water partition coefficient (Wildman–Crippen LogP) is 19.8. The molecule has 0 fully saturated rings. The van der Waals surface area contributed by atoms with E-state index in [4.69, 9.17) is 4.98 Å². The van der Waals surface area contributed by atoms with Gasteiger partial charge in [-0.3, -0.25) is 4.57 Å². The van der Waals surface area contributed by atoms with Crippen LogP contribution in [0.3, 0.4) is 0 Å². The van der Waals surface area contributed by atoms with Crippen LogP contribution in [-0.2, 0) is 0 Å². The minimum atomic E-state index is 0.00384. The Morgan fingerprint density at radius 3 is 1.00 bits per heavy atom. The molecule has 0 amide bonds. The van der Waals surface area contributed by atoms with Gasteiger partial charge in [-0.25, -0.2) is 4.98 Å². The van der Waals surface area contributed by atoms with Crippen LogP contribution in [0.1, 0.15) is 33.4 Å². The van der Waals surface area contributed by atoms with Crippen LogP contribution in [0.5, 0.6) is 0 Å². The van der Waals surface area contributed by atoms with E-state index < -0.39 is 0 Å². The van der Waals surface area contributed by atoms with Gasteiger partial charge < -0.3 is 4.57 Å². The first-order valence-electron chi connectivity index (χ1n) is 29.8. The molecule has 0 aliphatic heterocycles. The Balaban J connectivity index is 1.33. The summed E-state index contributed by atoms with van der Waals surface area (Å²) in [5.41, 5.74) is 14.8. The fourth-order valence-corrected chi connectivity index (χ4v) is 13.7. The van der Waals surface area contributed by atoms with Gasteiger partial charge in [-0.15, -0.1) is 0 Å². The highest BCUT2D eigenvalue weighted by molar-refractivity contribution is 6.34. The lowest BCUT2D eigenvalue weighted by Gasteiger charge is -2.26. The number of pyridine rings is 1. The van der Waals surface area contributed by atoms with Crippen molar-refractivity contribution in [3.63, 3.8) is 0 Å². The molecule has 0 unspecified atom stereocenters. The molecule has 0 atom stereocenters. The zero-order chi connectivity index (χ0) is 62.4. The Labute approximate surface area is 529 Å². The number of benzene rings is 12. The first-order chi connectivity index (χ1) is 45.5. The first kappa shape index (κ1) is 54.9. The summed E-state index contributed by atoms with van der Waals surface area (Å²) in [6.45, 7) is 0. The van der Waals surface area contributed by atoms with E-state index in [-0.39, 0.29) is 44.5 Å². The van der Waals surface area contributed by atoms with Crippen LogP contribution >= 0.6 is 0 Å². The third kappa shape index (κ3) is 8.76. The highest BCUT2D eigenvalue weighted by atomic mass is 15.1. The van der Waals surface area contributed by atoms with Crippen LogP contribution in [0.2, 0.25) is 0 Å². The van der Waals surface area contributed by atoms with E-state index in [0.717, 1.165) is 77.2 Å². The summed E-state index contributed by atoms with van der Waals surface area (Å²) in [5.74, 6) is 0.656. The summed E-state index contributed by atoms with van der Waals surface area (Å²) in [7, 11) is 0. The average molecular weight is 1170 g/mol. The van der Waals surface area contributed by atoms with Gasteiger partial charge >= 0.3 is 0 Å². The second kappa shape index (κ2) is 22.9. The fourth-order valence-electron chi connectivity index (χ4n) is 13.7. The highest BCUT2D eigenvalue weighted by Crippen LogP contribution is 2.61. The van der Waals surface area contributed by atoms with Crippen LogP contribution in [0.15, 0.2) is 273 Å². The molecule has 0 aliphatic rings. The van der Waals surface area contributed by atoms with Gasteiger partial charge in [0.25, 0.3) is 0 Å². The minimum absolute atomic E-state index is 0.00384. The molecule has 3 heterocycles. The Bertz CT molecular complexity index is 5650. The zero-order valence-corrected chi connectivity index (χ0v) is 49.0. The van der Waals surface area contributed by atoms with Crippen molar-refractivity contribution in [2.24, 2.45) is 0 Å². The molecule has 92 heavy (non-hydrogen) atoms. The van der Waals surface area contributed by atoms with E-state index in [0.29, 0.717) is 55.8 Å². The number of hydrogen-bond acceptors (Lipinski definition) is 7. The Kier molecular flexibility index (Phi) is 13.7. The molecule has 422 valence electrons. The largest absolute Gasteiger partial charge is 0.308 e. The quantitative estimate of drug-likeness (QED) is 0.131. The summed E-state index contributed by atoms with van der Waals surface area (Å²) < 4.78 is 4.40. The topological polar surface area (TPSA) is 165 Å². The Hall–Kier alpha value is -13.7. The summed E-state index contributed by atoms with van der Waals surface area (Å²) in [6.07, 6.45) is 1.89. The maximum absolute atomic E-state index is 11.8. The molecule has 0 bridgehead atoms. The molecule has 0 radical (unpaired) electrons. The standard InChI is InChI=1S/C83H45N9/c84-45-52-41-60(47-86)70(61(42-52)48-87)78-74(56-27-11-3-12-28-56)76(59-39-40-69(90-51-59)92-67-37-21-19-35-65(67)66-36-20-22-38-68(66)92)81-80-75(57-29-13-4-14-30-57)72(54-23-7-1-8-24-54)73(55-25-9-2-10-26-55)77(58-31-15-5-16-32-58)82(80)91(64-33-17-6-18-34-64)83(81)79(78)71-62(49-88)43-53(46-85)44-63(71)50-89/h1-44,51H. The van der Waals surface area contributed by atoms with Crippen molar-refractivity contribution >= 4 is 43.6 Å². The van der Waals surface area contributed by atoms with Gasteiger partial charge in [0.15, 0.2) is 0 Å². The lowest BCUT2D eigenvalue weighted by molar-refractivity contribution is 1.08. The molecule has 9 heteroatoms. The van der Waals surface area contributed by atoms with Crippen molar-refractivity contribution < 1.29 is 0 Å². The summed E-state index contributed by atoms with van der Waals surface area (Å²) in [5, 5.41) is 72.0. The van der Waals surface area contributed by atoms with Crippen LogP contribution in [0.25, 0.3) is 144 Å². The summed E-state index contributed by atoms with van der Waals surface area (Å²) in [4.78, 5) is 5.49. The second-order valence-electron chi connectivity index (χ2n) is 22.3. The molecule has 12 aromatic carbocycles. The third-order valence-electron chi connectivity index (χ3n) is 17.3. The molecule has 0 saturated heterocycles. The summed E-state index contributed by atoms with van der Waals surface area (Å²) >= 11 is 0. The van der Waals surface area contributed by atoms with Crippen molar-refractivity contribution in [3.8, 4) is 137 Å². The number of hydrogen-bond donors (Lipinski definition) is 0. The zero-order valence-electron chi connectivity index (χ0n) is 49.0. The fraction of sp³-hybridized carbons (Fsp3) is 0. The van der Waals surface area contributed by atoms with Crippen molar-refractivity contribution in [1.29, 1.82) is 31.6 Å². The van der Waals surface area contributed by atoms with Crippen LogP contribution in [-0.4, -0.2) is 14.1 Å². The van der Waals surface area contributed by atoms with Gasteiger partial charge in [0.2, 0.25) is 0 Å². The van der Waals surface area contributed by atoms with E-state index in [2.05, 4.69) is 149 Å². The minimum Gasteiger partial charge on any atom is -0.308 e. The van der Waals surface area contributed by atoms with E-state index in [1.165, 1.54) is 24.3 Å². The van der Waals surface area contributed by atoms with Gasteiger partial charge in [0, 0.05) is 83.5 Å². The molecule has 3 aromatic heterocycles. The number of nitriles is 6. The van der Waals surface area contributed by atoms with Crippen molar-refractivity contribution in [2.45, 2.75) is 0 Å². The number of aromatic nitrogens is 3. The molecular weight excluding hydrogens is 1120 g/mol. The van der Waals surface area contributed by atoms with Crippen molar-refractivity contribution in [2.75, 3.05) is 0 Å². The van der Waals surface area contributed by atoms with Gasteiger partial charge in [-0.2, -0.15) is 31.6 Å². The predicted molar refractivity (Wildman–Crippen MR) is 365 cm³/mol. The number of para-hydroxylation sites is 3. The smallest absolute Gasteiger partial charge is 0.137 e. The normalized spacial score (nSPS) is 11.0. The molecule has 9 nitrogen and oxygen atoms in total. The van der Waals surface area contributed by atoms with Gasteiger partial charge in [-0.05, 0) is 99.6 Å². The summed E-state index contributed by atoms with van der Waals surface area (Å²) in [6, 6.07) is 102. The van der Waals surface area contributed by atoms with Gasteiger partial charge in [0.05, 0.1) is 91.9 Å². The lowest BCUT2D eigenvalue weighted by atomic mass is 9.75.